The third kappa shape index (κ3) is 2.33. The third-order valence-electron chi connectivity index (χ3n) is 2.34. The zero-order chi connectivity index (χ0) is 7.40. The van der Waals surface area contributed by atoms with E-state index in [9.17, 15) is 0 Å². The van der Waals surface area contributed by atoms with Gasteiger partial charge in [0.15, 0.2) is 0 Å². The zero-order valence-corrected chi connectivity index (χ0v) is 7.27. The fourth-order valence-corrected chi connectivity index (χ4v) is 1.61. The maximum atomic E-state index is 2.59. The van der Waals surface area contributed by atoms with Gasteiger partial charge in [0.25, 0.3) is 0 Å². The van der Waals surface area contributed by atoms with Crippen LogP contribution < -0.4 is 0 Å². The Balaban J connectivity index is 2.06. The van der Waals surface area contributed by atoms with E-state index in [1.807, 2.05) is 0 Å². The second-order valence-electron chi connectivity index (χ2n) is 3.55. The maximum Gasteiger partial charge on any atom is 0.107 e. The van der Waals surface area contributed by atoms with Gasteiger partial charge in [-0.05, 0) is 32.5 Å². The summed E-state index contributed by atoms with van der Waals surface area (Å²) in [5.41, 5.74) is 0. The van der Waals surface area contributed by atoms with E-state index in [1.54, 1.807) is 0 Å². The van der Waals surface area contributed by atoms with E-state index in [0.717, 1.165) is 5.82 Å². The van der Waals surface area contributed by atoms with E-state index in [0.29, 0.717) is 0 Å². The molecule has 1 heterocycles. The molecule has 0 radical (unpaired) electrons. The summed E-state index contributed by atoms with van der Waals surface area (Å²) < 4.78 is 0. The smallest absolute Gasteiger partial charge is 0.107 e. The average molecular weight is 139 g/mol. The van der Waals surface area contributed by atoms with Crippen LogP contribution in [0.4, 0.5) is 0 Å². The fourth-order valence-electron chi connectivity index (χ4n) is 1.61. The molecule has 0 aromatic carbocycles. The van der Waals surface area contributed by atoms with Crippen LogP contribution >= 0.6 is 0 Å². The Kier molecular flexibility index (Phi) is 3.27. The van der Waals surface area contributed by atoms with Crippen molar-refractivity contribution in [1.29, 1.82) is 0 Å². The largest absolute Gasteiger partial charge is 0.304 e. The molecule has 0 aromatic heterocycles. The Hall–Kier alpha value is 0.0249. The second-order valence-corrected chi connectivity index (χ2v) is 3.55. The number of unbranched alkanes of at least 4 members (excludes halogenated alkanes) is 1. The molecule has 1 rings (SSSR count). The lowest BCUT2D eigenvalue weighted by Crippen LogP contribution is -2.20. The van der Waals surface area contributed by atoms with Crippen molar-refractivity contribution in [1.82, 2.24) is 4.90 Å². The van der Waals surface area contributed by atoms with Gasteiger partial charge in [0.05, 0.1) is 0 Å². The van der Waals surface area contributed by atoms with Crippen molar-refractivity contribution in [3.63, 3.8) is 0 Å². The molecule has 0 saturated carbocycles. The van der Waals surface area contributed by atoms with Gasteiger partial charge in [-0.3, -0.25) is 0 Å². The van der Waals surface area contributed by atoms with Crippen LogP contribution in [0.5, 0.6) is 0 Å². The Morgan fingerprint density at radius 2 is 2.40 bits per heavy atom. The van der Waals surface area contributed by atoms with Crippen LogP contribution in [0.15, 0.2) is 0 Å². The van der Waals surface area contributed by atoms with Crippen LogP contribution in [0.25, 0.3) is 0 Å². The van der Waals surface area contributed by atoms with Crippen LogP contribution in [0.2, 0.25) is 5.82 Å². The molecule has 10 heavy (non-hydrogen) atoms. The zero-order valence-electron chi connectivity index (χ0n) is 7.27. The van der Waals surface area contributed by atoms with Gasteiger partial charge in [-0.1, -0.05) is 19.2 Å². The van der Waals surface area contributed by atoms with Crippen LogP contribution in [-0.2, 0) is 0 Å². The number of nitrogens with zero attached hydrogens (tertiary/aromatic N) is 1. The predicted molar refractivity (Wildman–Crippen MR) is 48.3 cm³/mol. The molecule has 58 valence electrons. The van der Waals surface area contributed by atoms with Gasteiger partial charge < -0.3 is 4.90 Å². The van der Waals surface area contributed by atoms with Gasteiger partial charge >= 0.3 is 0 Å². The molecule has 2 heteroatoms. The topological polar surface area (TPSA) is 3.24 Å². The Morgan fingerprint density at radius 3 is 2.90 bits per heavy atom. The summed E-state index contributed by atoms with van der Waals surface area (Å²) in [6.07, 6.45) is 4.14. The van der Waals surface area contributed by atoms with E-state index in [2.05, 4.69) is 19.7 Å². The Labute approximate surface area is 65.2 Å². The van der Waals surface area contributed by atoms with Crippen LogP contribution in [0.3, 0.4) is 0 Å². The summed E-state index contributed by atoms with van der Waals surface area (Å²) in [4.78, 5) is 2.59. The molecule has 0 aromatic rings. The summed E-state index contributed by atoms with van der Waals surface area (Å²) in [5, 5.41) is 0. The Bertz CT molecular complexity index is 95.3. The number of hydrogen-bond donors (Lipinski definition) is 0. The monoisotopic (exact) mass is 139 g/mol. The predicted octanol–water partition coefficient (Wildman–Crippen LogP) is 0.914. The summed E-state index contributed by atoms with van der Waals surface area (Å²) in [7, 11) is 2.35. The van der Waals surface area contributed by atoms with Crippen molar-refractivity contribution in [2.24, 2.45) is 0 Å². The highest BCUT2D eigenvalue weighted by Gasteiger charge is 2.16. The molecule has 1 fully saturated rings. The molecular weight excluding hydrogens is 121 g/mol. The summed E-state index contributed by atoms with van der Waals surface area (Å²) >= 11 is 0. The third-order valence-corrected chi connectivity index (χ3v) is 2.34. The normalized spacial score (nSPS) is 27.5. The number of likely N-dealkylation sites (tertiary alicyclic amines) is 1. The van der Waals surface area contributed by atoms with Gasteiger partial charge in [-0.25, -0.2) is 0 Å². The van der Waals surface area contributed by atoms with Crippen molar-refractivity contribution >= 4 is 7.85 Å². The first-order valence-corrected chi connectivity index (χ1v) is 4.55. The lowest BCUT2D eigenvalue weighted by Gasteiger charge is -2.13. The first-order chi connectivity index (χ1) is 4.83. The standard InChI is InChI=1S/C8H18BN/c1-2-3-5-10-6-4-8(9)7-10/h8H,2-7,9H2,1H3. The molecule has 0 aliphatic carbocycles. The molecule has 1 aliphatic rings. The quantitative estimate of drug-likeness (QED) is 0.525. The maximum absolute atomic E-state index is 2.59. The van der Waals surface area contributed by atoms with Crippen LogP contribution in [0, 0.1) is 0 Å². The minimum Gasteiger partial charge on any atom is -0.304 e. The first-order valence-electron chi connectivity index (χ1n) is 4.55. The molecular formula is C8H18BN. The lowest BCUT2D eigenvalue weighted by molar-refractivity contribution is 0.332. The molecule has 0 N–H and O–H groups in total. The molecule has 1 atom stereocenters. The lowest BCUT2D eigenvalue weighted by atomic mass is 9.87. The van der Waals surface area contributed by atoms with Crippen molar-refractivity contribution < 1.29 is 0 Å². The molecule has 1 aliphatic heterocycles. The molecule has 1 nitrogen and oxygen atoms in total. The van der Waals surface area contributed by atoms with Crippen LogP contribution in [-0.4, -0.2) is 32.4 Å². The van der Waals surface area contributed by atoms with Crippen molar-refractivity contribution in [2.45, 2.75) is 32.0 Å². The van der Waals surface area contributed by atoms with Crippen LogP contribution in [0.1, 0.15) is 26.2 Å². The average Bonchev–Trinajstić information content (AvgIpc) is 2.31. The molecule has 1 unspecified atom stereocenters. The SMILES string of the molecule is BC1CCN(CCCC)C1. The number of rotatable bonds is 3. The molecule has 0 bridgehead atoms. The fraction of sp³-hybridized carbons (Fsp3) is 1.00. The highest BCUT2D eigenvalue weighted by molar-refractivity contribution is 6.11. The van der Waals surface area contributed by atoms with Gasteiger partial charge in [0.1, 0.15) is 7.85 Å². The van der Waals surface area contributed by atoms with E-state index in [4.69, 9.17) is 0 Å². The minimum atomic E-state index is 0.955. The van der Waals surface area contributed by atoms with Crippen molar-refractivity contribution in [3.8, 4) is 0 Å². The van der Waals surface area contributed by atoms with Gasteiger partial charge in [-0.2, -0.15) is 0 Å². The van der Waals surface area contributed by atoms with Gasteiger partial charge in [0.2, 0.25) is 0 Å². The molecule has 0 amide bonds. The summed E-state index contributed by atoms with van der Waals surface area (Å²) in [6.45, 7) is 6.29. The minimum absolute atomic E-state index is 0.955. The van der Waals surface area contributed by atoms with E-state index < -0.39 is 0 Å². The van der Waals surface area contributed by atoms with Gasteiger partial charge in [0, 0.05) is 0 Å². The summed E-state index contributed by atoms with van der Waals surface area (Å²) in [6, 6.07) is 0. The van der Waals surface area contributed by atoms with E-state index in [-0.39, 0.29) is 0 Å². The molecule has 0 spiro atoms. The van der Waals surface area contributed by atoms with Gasteiger partial charge in [-0.15, -0.1) is 0 Å². The molecule has 1 saturated heterocycles. The van der Waals surface area contributed by atoms with E-state index >= 15 is 0 Å². The Morgan fingerprint density at radius 1 is 1.60 bits per heavy atom. The van der Waals surface area contributed by atoms with Crippen molar-refractivity contribution in [2.75, 3.05) is 19.6 Å². The highest BCUT2D eigenvalue weighted by atomic mass is 15.1. The first kappa shape index (κ1) is 8.12. The number of hydrogen-bond acceptors (Lipinski definition) is 1. The summed E-state index contributed by atoms with van der Waals surface area (Å²) in [5.74, 6) is 0.955. The highest BCUT2D eigenvalue weighted by Crippen LogP contribution is 2.17. The van der Waals surface area contributed by atoms with E-state index in [1.165, 1.54) is 38.9 Å². The second kappa shape index (κ2) is 4.02. The van der Waals surface area contributed by atoms with Crippen molar-refractivity contribution in [3.05, 3.63) is 0 Å².